The predicted octanol–water partition coefficient (Wildman–Crippen LogP) is 2.41. The molecule has 0 fully saturated rings. The van der Waals surface area contributed by atoms with Gasteiger partial charge in [0.2, 0.25) is 0 Å². The summed E-state index contributed by atoms with van der Waals surface area (Å²) in [4.78, 5) is 4.10. The normalized spacial score (nSPS) is 8.55. The van der Waals surface area contributed by atoms with Crippen molar-refractivity contribution in [3.05, 3.63) is 24.0 Å². The van der Waals surface area contributed by atoms with Gasteiger partial charge in [-0.3, -0.25) is 4.98 Å². The Kier molecular flexibility index (Phi) is 5.24. The summed E-state index contributed by atoms with van der Waals surface area (Å²) in [7, 11) is 1.63. The number of hydrogen-bond donors (Lipinski definition) is 0. The van der Waals surface area contributed by atoms with Gasteiger partial charge in [-0.2, -0.15) is 0 Å². The van der Waals surface area contributed by atoms with Gasteiger partial charge in [-0.05, 0) is 12.1 Å². The highest BCUT2D eigenvalue weighted by Gasteiger charge is 1.91. The van der Waals surface area contributed by atoms with Crippen LogP contribution in [-0.2, 0) is 5.33 Å². The molecule has 2 nitrogen and oxygen atoms in total. The van der Waals surface area contributed by atoms with Gasteiger partial charge in [-0.15, -0.1) is 12.4 Å². The quantitative estimate of drug-likeness (QED) is 0.738. The van der Waals surface area contributed by atoms with Gasteiger partial charge in [-0.25, -0.2) is 0 Å². The number of halogens is 2. The van der Waals surface area contributed by atoms with E-state index >= 15 is 0 Å². The monoisotopic (exact) mass is 237 g/mol. The van der Waals surface area contributed by atoms with E-state index < -0.39 is 0 Å². The first-order valence-electron chi connectivity index (χ1n) is 2.91. The van der Waals surface area contributed by atoms with E-state index in [1.54, 1.807) is 13.3 Å². The predicted molar refractivity (Wildman–Crippen MR) is 50.7 cm³/mol. The molecule has 1 heterocycles. The lowest BCUT2D eigenvalue weighted by Gasteiger charge is -1.97. The van der Waals surface area contributed by atoms with E-state index in [2.05, 4.69) is 20.9 Å². The average Bonchev–Trinajstić information content (AvgIpc) is 2.05. The second-order valence-corrected chi connectivity index (χ2v) is 2.38. The third-order valence-corrected chi connectivity index (χ3v) is 1.74. The van der Waals surface area contributed by atoms with Crippen molar-refractivity contribution in [2.75, 3.05) is 7.11 Å². The maximum absolute atomic E-state index is 4.94. The molecule has 1 aromatic rings. The zero-order chi connectivity index (χ0) is 7.40. The molecule has 0 aliphatic carbocycles. The highest BCUT2D eigenvalue weighted by Crippen LogP contribution is 2.09. The van der Waals surface area contributed by atoms with Crippen LogP contribution in [0.1, 0.15) is 5.69 Å². The fraction of sp³-hybridized carbons (Fsp3) is 0.286. The van der Waals surface area contributed by atoms with Gasteiger partial charge in [0.25, 0.3) is 0 Å². The van der Waals surface area contributed by atoms with Crippen molar-refractivity contribution in [2.45, 2.75) is 5.33 Å². The van der Waals surface area contributed by atoms with Crippen molar-refractivity contribution in [1.82, 2.24) is 4.98 Å². The van der Waals surface area contributed by atoms with Crippen LogP contribution >= 0.6 is 28.3 Å². The van der Waals surface area contributed by atoms with Gasteiger partial charge in [-0.1, -0.05) is 15.9 Å². The van der Waals surface area contributed by atoms with Crippen molar-refractivity contribution in [1.29, 1.82) is 0 Å². The highest BCUT2D eigenvalue weighted by molar-refractivity contribution is 9.08. The molecule has 0 amide bonds. The van der Waals surface area contributed by atoms with Crippen LogP contribution in [0.2, 0.25) is 0 Å². The zero-order valence-electron chi connectivity index (χ0n) is 6.08. The summed E-state index contributed by atoms with van der Waals surface area (Å²) in [5.74, 6) is 0.796. The molecule has 0 atom stereocenters. The Balaban J connectivity index is 0.000001000. The Morgan fingerprint density at radius 1 is 1.55 bits per heavy atom. The summed E-state index contributed by atoms with van der Waals surface area (Å²) in [5, 5.41) is 0.789. The molecule has 4 heteroatoms. The minimum absolute atomic E-state index is 0. The lowest BCUT2D eigenvalue weighted by Crippen LogP contribution is -1.86. The lowest BCUT2D eigenvalue weighted by molar-refractivity contribution is 0.412. The Bertz CT molecular complexity index is 179. The molecular weight excluding hydrogens is 229 g/mol. The van der Waals surface area contributed by atoms with Crippen LogP contribution in [-0.4, -0.2) is 12.1 Å². The zero-order valence-corrected chi connectivity index (χ0v) is 8.48. The lowest BCUT2D eigenvalue weighted by atomic mass is 10.4. The van der Waals surface area contributed by atoms with E-state index in [-0.39, 0.29) is 12.4 Å². The summed E-state index contributed by atoms with van der Waals surface area (Å²) in [6.07, 6.45) is 1.70. The summed E-state index contributed by atoms with van der Waals surface area (Å²) >= 11 is 3.30. The standard InChI is InChI=1S/C7H8BrNO.ClH/c1-10-7-3-2-6(4-8)9-5-7;/h2-3,5H,4H2,1H3;1H. The number of aromatic nitrogens is 1. The second-order valence-electron chi connectivity index (χ2n) is 1.82. The van der Waals surface area contributed by atoms with Gasteiger partial charge in [0.1, 0.15) is 5.75 Å². The van der Waals surface area contributed by atoms with Crippen LogP contribution in [0.25, 0.3) is 0 Å². The number of pyridine rings is 1. The van der Waals surface area contributed by atoms with Crippen LogP contribution in [0.5, 0.6) is 5.75 Å². The second kappa shape index (κ2) is 5.38. The molecule has 62 valence electrons. The summed E-state index contributed by atoms with van der Waals surface area (Å²) < 4.78 is 4.94. The van der Waals surface area contributed by atoms with Crippen LogP contribution in [0, 0.1) is 0 Å². The third-order valence-electron chi connectivity index (χ3n) is 1.17. The largest absolute Gasteiger partial charge is 0.495 e. The molecule has 0 unspecified atom stereocenters. The molecule has 1 rings (SSSR count). The van der Waals surface area contributed by atoms with Gasteiger partial charge < -0.3 is 4.74 Å². The number of methoxy groups -OCH3 is 1. The van der Waals surface area contributed by atoms with E-state index in [9.17, 15) is 0 Å². The fourth-order valence-corrected chi connectivity index (χ4v) is 0.942. The van der Waals surface area contributed by atoms with Gasteiger partial charge in [0.05, 0.1) is 19.0 Å². The van der Waals surface area contributed by atoms with Crippen molar-refractivity contribution in [3.8, 4) is 5.75 Å². The van der Waals surface area contributed by atoms with Crippen LogP contribution in [0.3, 0.4) is 0 Å². The molecule has 0 saturated carbocycles. The van der Waals surface area contributed by atoms with Crippen molar-refractivity contribution in [2.24, 2.45) is 0 Å². The molecule has 0 saturated heterocycles. The maximum atomic E-state index is 4.94. The molecule has 0 N–H and O–H groups in total. The first kappa shape index (κ1) is 10.7. The van der Waals surface area contributed by atoms with E-state index in [0.29, 0.717) is 0 Å². The fourth-order valence-electron chi connectivity index (χ4n) is 0.611. The van der Waals surface area contributed by atoms with E-state index in [4.69, 9.17) is 4.74 Å². The van der Waals surface area contributed by atoms with E-state index in [0.717, 1.165) is 16.8 Å². The molecule has 0 bridgehead atoms. The Morgan fingerprint density at radius 3 is 2.64 bits per heavy atom. The number of ether oxygens (including phenoxy) is 1. The molecule has 0 aliphatic heterocycles. The SMILES string of the molecule is COc1ccc(CBr)nc1.Cl. The molecule has 0 radical (unpaired) electrons. The number of alkyl halides is 1. The molecule has 0 spiro atoms. The summed E-state index contributed by atoms with van der Waals surface area (Å²) in [5.41, 5.74) is 1.01. The molecule has 11 heavy (non-hydrogen) atoms. The Morgan fingerprint density at radius 2 is 2.27 bits per heavy atom. The van der Waals surface area contributed by atoms with Crippen molar-refractivity contribution >= 4 is 28.3 Å². The van der Waals surface area contributed by atoms with Crippen LogP contribution in [0.15, 0.2) is 18.3 Å². The minimum Gasteiger partial charge on any atom is -0.495 e. The molecule has 1 aromatic heterocycles. The maximum Gasteiger partial charge on any atom is 0.137 e. The van der Waals surface area contributed by atoms with Crippen LogP contribution < -0.4 is 4.74 Å². The van der Waals surface area contributed by atoms with Gasteiger partial charge >= 0.3 is 0 Å². The van der Waals surface area contributed by atoms with Crippen molar-refractivity contribution < 1.29 is 4.74 Å². The number of rotatable bonds is 2. The number of nitrogens with zero attached hydrogens (tertiary/aromatic N) is 1. The highest BCUT2D eigenvalue weighted by atomic mass is 79.9. The molecule has 0 aromatic carbocycles. The van der Waals surface area contributed by atoms with Gasteiger partial charge in [0, 0.05) is 5.33 Å². The minimum atomic E-state index is 0. The van der Waals surface area contributed by atoms with Crippen molar-refractivity contribution in [3.63, 3.8) is 0 Å². The molecule has 0 aliphatic rings. The van der Waals surface area contributed by atoms with Gasteiger partial charge in [0.15, 0.2) is 0 Å². The first-order valence-corrected chi connectivity index (χ1v) is 4.04. The average molecular weight is 239 g/mol. The summed E-state index contributed by atoms with van der Waals surface area (Å²) in [6, 6.07) is 3.82. The smallest absolute Gasteiger partial charge is 0.137 e. The Labute approximate surface area is 80.5 Å². The van der Waals surface area contributed by atoms with E-state index in [1.165, 1.54) is 0 Å². The number of hydrogen-bond acceptors (Lipinski definition) is 2. The third kappa shape index (κ3) is 3.08. The summed E-state index contributed by atoms with van der Waals surface area (Å²) in [6.45, 7) is 0. The topological polar surface area (TPSA) is 22.1 Å². The Hall–Kier alpha value is -0.280. The first-order chi connectivity index (χ1) is 4.86. The molecular formula is C7H9BrClNO. The van der Waals surface area contributed by atoms with E-state index in [1.807, 2.05) is 12.1 Å². The van der Waals surface area contributed by atoms with Crippen LogP contribution in [0.4, 0.5) is 0 Å².